The van der Waals surface area contributed by atoms with E-state index in [0.29, 0.717) is 18.2 Å². The van der Waals surface area contributed by atoms with E-state index in [1.165, 1.54) is 29.8 Å². The Labute approximate surface area is 123 Å². The molecule has 1 aromatic heterocycles. The Hall–Kier alpha value is -1.14. The van der Waals surface area contributed by atoms with Crippen LogP contribution < -0.4 is 5.32 Å². The topological polar surface area (TPSA) is 65.5 Å². The number of likely N-dealkylation sites (tertiary alicyclic amines) is 1. The summed E-state index contributed by atoms with van der Waals surface area (Å²) in [6.45, 7) is 1.14. The van der Waals surface area contributed by atoms with Gasteiger partial charge in [-0.3, -0.25) is 5.32 Å². The third-order valence-electron chi connectivity index (χ3n) is 3.99. The van der Waals surface area contributed by atoms with Crippen molar-refractivity contribution in [2.45, 2.75) is 51.0 Å². The SMILES string of the molecule is O=C(Nc1nc2c(s1)CCCCC2)N1CCC[C@H](O)C1. The first-order valence-electron chi connectivity index (χ1n) is 7.45. The molecular weight excluding hydrogens is 274 g/mol. The first-order chi connectivity index (χ1) is 9.72. The number of nitrogens with one attached hydrogen (secondary N) is 1. The molecule has 1 atom stereocenters. The van der Waals surface area contributed by atoms with E-state index in [1.54, 1.807) is 16.2 Å². The molecule has 6 heteroatoms. The van der Waals surface area contributed by atoms with Crippen LogP contribution in [0.3, 0.4) is 0 Å². The van der Waals surface area contributed by atoms with E-state index in [1.807, 2.05) is 0 Å². The van der Waals surface area contributed by atoms with Gasteiger partial charge in [-0.25, -0.2) is 9.78 Å². The number of amides is 2. The average molecular weight is 295 g/mol. The number of rotatable bonds is 1. The number of β-amino-alcohol motifs (C(OH)–C–C–N with tert-alkyl or cyclic N) is 1. The first kappa shape index (κ1) is 13.8. The lowest BCUT2D eigenvalue weighted by atomic mass is 10.1. The van der Waals surface area contributed by atoms with E-state index in [2.05, 4.69) is 10.3 Å². The highest BCUT2D eigenvalue weighted by atomic mass is 32.1. The normalized spacial score (nSPS) is 23.1. The highest BCUT2D eigenvalue weighted by Crippen LogP contribution is 2.29. The molecule has 2 amide bonds. The van der Waals surface area contributed by atoms with Crippen molar-refractivity contribution >= 4 is 22.5 Å². The van der Waals surface area contributed by atoms with E-state index < -0.39 is 0 Å². The number of nitrogens with zero attached hydrogens (tertiary/aromatic N) is 2. The van der Waals surface area contributed by atoms with Crippen molar-refractivity contribution < 1.29 is 9.90 Å². The summed E-state index contributed by atoms with van der Waals surface area (Å²) < 4.78 is 0. The van der Waals surface area contributed by atoms with Crippen molar-refractivity contribution in [1.82, 2.24) is 9.88 Å². The molecule has 110 valence electrons. The molecule has 1 aromatic rings. The van der Waals surface area contributed by atoms with Crippen LogP contribution in [0.5, 0.6) is 0 Å². The first-order valence-corrected chi connectivity index (χ1v) is 8.26. The number of aryl methyl sites for hydroxylation is 2. The molecule has 1 saturated heterocycles. The second-order valence-electron chi connectivity index (χ2n) is 5.62. The molecule has 3 rings (SSSR count). The summed E-state index contributed by atoms with van der Waals surface area (Å²) in [6, 6.07) is -0.132. The molecule has 0 aromatic carbocycles. The summed E-state index contributed by atoms with van der Waals surface area (Å²) in [7, 11) is 0. The van der Waals surface area contributed by atoms with Crippen molar-refractivity contribution in [2.75, 3.05) is 18.4 Å². The Morgan fingerprint density at radius 2 is 2.15 bits per heavy atom. The number of piperidine rings is 1. The summed E-state index contributed by atoms with van der Waals surface area (Å²) in [6.07, 6.45) is 7.08. The summed E-state index contributed by atoms with van der Waals surface area (Å²) in [4.78, 5) is 19.7. The van der Waals surface area contributed by atoms with Crippen molar-refractivity contribution in [3.05, 3.63) is 10.6 Å². The Morgan fingerprint density at radius 1 is 1.30 bits per heavy atom. The summed E-state index contributed by atoms with van der Waals surface area (Å²) in [5.74, 6) is 0. The Balaban J connectivity index is 1.64. The van der Waals surface area contributed by atoms with Crippen molar-refractivity contribution in [3.63, 3.8) is 0 Å². The minimum absolute atomic E-state index is 0.132. The quantitative estimate of drug-likeness (QED) is 0.782. The van der Waals surface area contributed by atoms with Crippen LogP contribution in [-0.4, -0.2) is 40.2 Å². The van der Waals surface area contributed by atoms with Gasteiger partial charge in [0.05, 0.1) is 11.8 Å². The van der Waals surface area contributed by atoms with Crippen LogP contribution in [-0.2, 0) is 12.8 Å². The second-order valence-corrected chi connectivity index (χ2v) is 6.71. The molecule has 2 N–H and O–H groups in total. The number of hydrogen-bond donors (Lipinski definition) is 2. The molecule has 0 bridgehead atoms. The summed E-state index contributed by atoms with van der Waals surface area (Å²) in [5, 5.41) is 13.2. The van der Waals surface area contributed by atoms with Gasteiger partial charge in [-0.15, -0.1) is 11.3 Å². The Bertz CT molecular complexity index is 465. The smallest absolute Gasteiger partial charge is 0.323 e. The number of urea groups is 1. The molecule has 20 heavy (non-hydrogen) atoms. The van der Waals surface area contributed by atoms with Gasteiger partial charge >= 0.3 is 6.03 Å². The lowest BCUT2D eigenvalue weighted by Gasteiger charge is -2.29. The van der Waals surface area contributed by atoms with Crippen LogP contribution in [0.1, 0.15) is 42.7 Å². The molecule has 0 saturated carbocycles. The number of aromatic nitrogens is 1. The predicted octanol–water partition coefficient (Wildman–Crippen LogP) is 2.40. The zero-order chi connectivity index (χ0) is 13.9. The average Bonchev–Trinajstić information content (AvgIpc) is 2.68. The second kappa shape index (κ2) is 6.10. The van der Waals surface area contributed by atoms with Gasteiger partial charge in [-0.05, 0) is 38.5 Å². The monoisotopic (exact) mass is 295 g/mol. The van der Waals surface area contributed by atoms with Gasteiger partial charge in [0.2, 0.25) is 0 Å². The summed E-state index contributed by atoms with van der Waals surface area (Å²) in [5.41, 5.74) is 1.17. The molecule has 2 aliphatic rings. The van der Waals surface area contributed by atoms with Crippen LogP contribution in [0.25, 0.3) is 0 Å². The van der Waals surface area contributed by atoms with E-state index in [9.17, 15) is 9.90 Å². The number of hydrogen-bond acceptors (Lipinski definition) is 4. The number of aliphatic hydroxyl groups is 1. The molecule has 1 fully saturated rings. The molecule has 2 heterocycles. The largest absolute Gasteiger partial charge is 0.391 e. The lowest BCUT2D eigenvalue weighted by Crippen LogP contribution is -2.44. The van der Waals surface area contributed by atoms with Crippen LogP contribution >= 0.6 is 11.3 Å². The Kier molecular flexibility index (Phi) is 4.21. The van der Waals surface area contributed by atoms with E-state index in [4.69, 9.17) is 0 Å². The fourth-order valence-corrected chi connectivity index (χ4v) is 3.93. The molecule has 1 aliphatic heterocycles. The van der Waals surface area contributed by atoms with Crippen LogP contribution in [0.4, 0.5) is 9.93 Å². The number of carbonyl (C=O) groups excluding carboxylic acids is 1. The zero-order valence-corrected chi connectivity index (χ0v) is 12.4. The van der Waals surface area contributed by atoms with Gasteiger partial charge in [0.1, 0.15) is 0 Å². The number of thiazole rings is 1. The minimum atomic E-state index is -0.387. The fraction of sp³-hybridized carbons (Fsp3) is 0.714. The Morgan fingerprint density at radius 3 is 3.00 bits per heavy atom. The highest BCUT2D eigenvalue weighted by Gasteiger charge is 2.23. The highest BCUT2D eigenvalue weighted by molar-refractivity contribution is 7.15. The number of anilines is 1. The van der Waals surface area contributed by atoms with Crippen LogP contribution in [0.2, 0.25) is 0 Å². The third-order valence-corrected chi connectivity index (χ3v) is 5.07. The molecule has 5 nitrogen and oxygen atoms in total. The molecule has 0 unspecified atom stereocenters. The van der Waals surface area contributed by atoms with Crippen molar-refractivity contribution in [2.24, 2.45) is 0 Å². The van der Waals surface area contributed by atoms with Crippen molar-refractivity contribution in [1.29, 1.82) is 0 Å². The molecule has 0 radical (unpaired) electrons. The van der Waals surface area contributed by atoms with E-state index >= 15 is 0 Å². The molecular formula is C14H21N3O2S. The number of aliphatic hydroxyl groups excluding tert-OH is 1. The van der Waals surface area contributed by atoms with Crippen molar-refractivity contribution in [3.8, 4) is 0 Å². The standard InChI is InChI=1S/C14H21N3O2S/c18-10-5-4-8-17(9-10)14(19)16-13-15-11-6-2-1-3-7-12(11)20-13/h10,18H,1-9H2,(H,15,16,19)/t10-/m0/s1. The third kappa shape index (κ3) is 3.12. The zero-order valence-electron chi connectivity index (χ0n) is 11.6. The number of carbonyl (C=O) groups is 1. The molecule has 0 spiro atoms. The van der Waals surface area contributed by atoms with E-state index in [0.717, 1.165) is 25.7 Å². The van der Waals surface area contributed by atoms with Gasteiger partial charge in [0.25, 0.3) is 0 Å². The number of fused-ring (bicyclic) bond motifs is 1. The van der Waals surface area contributed by atoms with E-state index in [-0.39, 0.29) is 12.1 Å². The maximum Gasteiger partial charge on any atom is 0.323 e. The van der Waals surface area contributed by atoms with Gasteiger partial charge in [0, 0.05) is 18.0 Å². The molecule has 1 aliphatic carbocycles. The predicted molar refractivity (Wildman–Crippen MR) is 79.2 cm³/mol. The van der Waals surface area contributed by atoms with Gasteiger partial charge in [-0.2, -0.15) is 0 Å². The van der Waals surface area contributed by atoms with Gasteiger partial charge in [-0.1, -0.05) is 6.42 Å². The van der Waals surface area contributed by atoms with Gasteiger partial charge < -0.3 is 10.0 Å². The van der Waals surface area contributed by atoms with Gasteiger partial charge in [0.15, 0.2) is 5.13 Å². The minimum Gasteiger partial charge on any atom is -0.391 e. The fourth-order valence-electron chi connectivity index (χ4n) is 2.89. The van der Waals surface area contributed by atoms with Crippen LogP contribution in [0, 0.1) is 0 Å². The maximum atomic E-state index is 12.2. The maximum absolute atomic E-state index is 12.2. The summed E-state index contributed by atoms with van der Waals surface area (Å²) >= 11 is 1.61. The lowest BCUT2D eigenvalue weighted by molar-refractivity contribution is 0.0883. The van der Waals surface area contributed by atoms with Crippen LogP contribution in [0.15, 0.2) is 0 Å².